The van der Waals surface area contributed by atoms with Crippen LogP contribution >= 0.6 is 0 Å². The molecular formula is C28H32FN3O5. The summed E-state index contributed by atoms with van der Waals surface area (Å²) in [5.74, 6) is -0.534. The normalized spacial score (nSPS) is 21.5. The standard InChI is InChI=1S/C28H32FN3O5/c1-16-7-12-20-22(31(16)28(35)37-3)13-14-23-25(20)30-24(15-18-5-4-6-21(29)26(18)36-2)32(23)19-10-8-17(9-11-19)27(33)34/h4-6,13-14,16-17,19H,7-12,15H2,1-3H3,(H,33,34)/t16-,17-,19-/m0/s1. The van der Waals surface area contributed by atoms with Gasteiger partial charge in [0.2, 0.25) is 0 Å². The van der Waals surface area contributed by atoms with E-state index >= 15 is 0 Å². The molecule has 1 fully saturated rings. The molecule has 1 N–H and O–H groups in total. The minimum Gasteiger partial charge on any atom is -0.493 e. The number of fused-ring (bicyclic) bond motifs is 3. The molecule has 1 aliphatic heterocycles. The Bertz CT molecular complexity index is 1350. The number of imidazole rings is 1. The van der Waals surface area contributed by atoms with E-state index < -0.39 is 17.9 Å². The number of carbonyl (C=O) groups is 2. The van der Waals surface area contributed by atoms with Crippen molar-refractivity contribution in [3.05, 3.63) is 53.1 Å². The third kappa shape index (κ3) is 4.40. The summed E-state index contributed by atoms with van der Waals surface area (Å²) in [4.78, 5) is 30.9. The maximum absolute atomic E-state index is 14.5. The molecule has 1 aromatic heterocycles. The minimum atomic E-state index is -0.746. The van der Waals surface area contributed by atoms with Crippen LogP contribution in [0.15, 0.2) is 30.3 Å². The van der Waals surface area contributed by atoms with E-state index in [9.17, 15) is 19.1 Å². The summed E-state index contributed by atoms with van der Waals surface area (Å²) in [7, 11) is 2.84. The van der Waals surface area contributed by atoms with Crippen molar-refractivity contribution in [1.29, 1.82) is 0 Å². The first kappa shape index (κ1) is 25.0. The second-order valence-electron chi connectivity index (χ2n) is 10.0. The zero-order chi connectivity index (χ0) is 26.3. The summed E-state index contributed by atoms with van der Waals surface area (Å²) in [6, 6.07) is 8.90. The molecule has 37 heavy (non-hydrogen) atoms. The molecule has 9 heteroatoms. The Morgan fingerprint density at radius 2 is 1.86 bits per heavy atom. The number of aromatic nitrogens is 2. The Balaban J connectivity index is 1.64. The first-order chi connectivity index (χ1) is 17.8. The molecule has 0 radical (unpaired) electrons. The number of aryl methyl sites for hydroxylation is 1. The quantitative estimate of drug-likeness (QED) is 0.488. The number of benzene rings is 2. The molecule has 0 unspecified atom stereocenters. The topological polar surface area (TPSA) is 93.9 Å². The van der Waals surface area contributed by atoms with Gasteiger partial charge in [-0.15, -0.1) is 0 Å². The van der Waals surface area contributed by atoms with E-state index in [-0.39, 0.29) is 23.8 Å². The lowest BCUT2D eigenvalue weighted by molar-refractivity contribution is -0.143. The van der Waals surface area contributed by atoms with Crippen LogP contribution < -0.4 is 9.64 Å². The molecule has 1 atom stereocenters. The highest BCUT2D eigenvalue weighted by molar-refractivity contribution is 5.95. The van der Waals surface area contributed by atoms with Gasteiger partial charge in [-0.05, 0) is 63.6 Å². The predicted octanol–water partition coefficient (Wildman–Crippen LogP) is 5.50. The van der Waals surface area contributed by atoms with Crippen molar-refractivity contribution in [3.8, 4) is 5.75 Å². The molecule has 196 valence electrons. The SMILES string of the molecule is COC(=O)N1c2ccc3c(nc(Cc4cccc(F)c4OC)n3[C@H]3CC[C@H](C(=O)O)CC3)c2CC[C@@H]1C. The number of carboxylic acids is 1. The number of para-hydroxylation sites is 1. The van der Waals surface area contributed by atoms with E-state index in [0.717, 1.165) is 53.8 Å². The van der Waals surface area contributed by atoms with Gasteiger partial charge in [-0.25, -0.2) is 14.2 Å². The Labute approximate surface area is 215 Å². The number of carbonyl (C=O) groups excluding carboxylic acids is 1. The van der Waals surface area contributed by atoms with Crippen LogP contribution in [-0.4, -0.2) is 47.0 Å². The molecule has 1 aliphatic carbocycles. The average molecular weight is 510 g/mol. The van der Waals surface area contributed by atoms with Gasteiger partial charge in [0.1, 0.15) is 5.82 Å². The number of amides is 1. The Morgan fingerprint density at radius 3 is 2.54 bits per heavy atom. The van der Waals surface area contributed by atoms with E-state index in [4.69, 9.17) is 14.5 Å². The van der Waals surface area contributed by atoms with E-state index in [1.165, 1.54) is 20.3 Å². The molecule has 0 bridgehead atoms. The molecule has 3 aromatic rings. The lowest BCUT2D eigenvalue weighted by atomic mass is 9.85. The van der Waals surface area contributed by atoms with Crippen LogP contribution in [0.25, 0.3) is 11.0 Å². The number of methoxy groups -OCH3 is 2. The first-order valence-electron chi connectivity index (χ1n) is 12.8. The number of rotatable bonds is 5. The lowest BCUT2D eigenvalue weighted by Crippen LogP contribution is -2.42. The zero-order valence-corrected chi connectivity index (χ0v) is 21.4. The fraction of sp³-hybridized carbons (Fsp3) is 0.464. The highest BCUT2D eigenvalue weighted by Crippen LogP contribution is 2.41. The second kappa shape index (κ2) is 10.0. The van der Waals surface area contributed by atoms with Gasteiger partial charge < -0.3 is 19.1 Å². The fourth-order valence-corrected chi connectivity index (χ4v) is 6.03. The summed E-state index contributed by atoms with van der Waals surface area (Å²) < 4.78 is 27.1. The average Bonchev–Trinajstić information content (AvgIpc) is 3.26. The fourth-order valence-electron chi connectivity index (χ4n) is 6.03. The summed E-state index contributed by atoms with van der Waals surface area (Å²) in [5.41, 5.74) is 4.25. The maximum atomic E-state index is 14.5. The third-order valence-corrected chi connectivity index (χ3v) is 7.91. The molecule has 1 saturated carbocycles. The van der Waals surface area contributed by atoms with Crippen LogP contribution in [0.4, 0.5) is 14.9 Å². The number of nitrogens with zero attached hydrogens (tertiary/aromatic N) is 3. The monoisotopic (exact) mass is 509 g/mol. The molecule has 0 spiro atoms. The summed E-state index contributed by atoms with van der Waals surface area (Å²) >= 11 is 0. The summed E-state index contributed by atoms with van der Waals surface area (Å²) in [6.45, 7) is 2.01. The van der Waals surface area contributed by atoms with Crippen LogP contribution in [0.1, 0.15) is 62.0 Å². The van der Waals surface area contributed by atoms with E-state index in [1.54, 1.807) is 11.0 Å². The predicted molar refractivity (Wildman–Crippen MR) is 137 cm³/mol. The van der Waals surface area contributed by atoms with Gasteiger partial charge in [-0.1, -0.05) is 12.1 Å². The summed E-state index contributed by atoms with van der Waals surface area (Å²) in [5, 5.41) is 9.49. The molecule has 5 rings (SSSR count). The van der Waals surface area contributed by atoms with Crippen molar-refractivity contribution in [2.75, 3.05) is 19.1 Å². The lowest BCUT2D eigenvalue weighted by Gasteiger charge is -2.34. The zero-order valence-electron chi connectivity index (χ0n) is 21.4. The number of ether oxygens (including phenoxy) is 2. The van der Waals surface area contributed by atoms with Gasteiger partial charge in [-0.2, -0.15) is 0 Å². The molecule has 8 nitrogen and oxygen atoms in total. The van der Waals surface area contributed by atoms with Crippen LogP contribution in [-0.2, 0) is 22.4 Å². The number of anilines is 1. The molecule has 0 saturated heterocycles. The van der Waals surface area contributed by atoms with E-state index in [1.807, 2.05) is 25.1 Å². The molecule has 2 aromatic carbocycles. The van der Waals surface area contributed by atoms with E-state index in [2.05, 4.69) is 4.57 Å². The van der Waals surface area contributed by atoms with Crippen molar-refractivity contribution < 1.29 is 28.6 Å². The molecule has 2 heterocycles. The van der Waals surface area contributed by atoms with Crippen LogP contribution in [0, 0.1) is 11.7 Å². The van der Waals surface area contributed by atoms with Crippen molar-refractivity contribution in [2.45, 2.75) is 64.0 Å². The smallest absolute Gasteiger partial charge is 0.414 e. The van der Waals surface area contributed by atoms with Crippen molar-refractivity contribution in [3.63, 3.8) is 0 Å². The highest BCUT2D eigenvalue weighted by atomic mass is 19.1. The van der Waals surface area contributed by atoms with Gasteiger partial charge >= 0.3 is 12.1 Å². The van der Waals surface area contributed by atoms with Gasteiger partial charge in [0.05, 0.1) is 36.9 Å². The third-order valence-electron chi connectivity index (χ3n) is 7.91. The second-order valence-corrected chi connectivity index (χ2v) is 10.0. The Morgan fingerprint density at radius 1 is 1.11 bits per heavy atom. The molecule has 1 amide bonds. The largest absolute Gasteiger partial charge is 0.493 e. The van der Waals surface area contributed by atoms with Crippen LogP contribution in [0.5, 0.6) is 5.75 Å². The van der Waals surface area contributed by atoms with Gasteiger partial charge in [0.15, 0.2) is 11.6 Å². The first-order valence-corrected chi connectivity index (χ1v) is 12.8. The Kier molecular flexibility index (Phi) is 6.79. The minimum absolute atomic E-state index is 0.00167. The van der Waals surface area contributed by atoms with Crippen molar-refractivity contribution in [1.82, 2.24) is 9.55 Å². The molecule has 2 aliphatic rings. The number of carboxylic acid groups (broad SMARTS) is 1. The number of aliphatic carboxylic acids is 1. The summed E-state index contributed by atoms with van der Waals surface area (Å²) in [6.07, 6.45) is 4.15. The van der Waals surface area contributed by atoms with Gasteiger partial charge in [-0.3, -0.25) is 9.69 Å². The van der Waals surface area contributed by atoms with E-state index in [0.29, 0.717) is 24.8 Å². The Hall–Kier alpha value is -3.62. The van der Waals surface area contributed by atoms with Gasteiger partial charge in [0, 0.05) is 29.6 Å². The van der Waals surface area contributed by atoms with Crippen LogP contribution in [0.3, 0.4) is 0 Å². The van der Waals surface area contributed by atoms with Gasteiger partial charge in [0.25, 0.3) is 0 Å². The maximum Gasteiger partial charge on any atom is 0.414 e. The molecular weight excluding hydrogens is 477 g/mol. The number of halogens is 1. The highest BCUT2D eigenvalue weighted by Gasteiger charge is 2.34. The van der Waals surface area contributed by atoms with Crippen molar-refractivity contribution >= 4 is 28.8 Å². The number of hydrogen-bond donors (Lipinski definition) is 1. The van der Waals surface area contributed by atoms with Crippen molar-refractivity contribution in [2.24, 2.45) is 5.92 Å². The van der Waals surface area contributed by atoms with Crippen LogP contribution in [0.2, 0.25) is 0 Å². The number of hydrogen-bond acceptors (Lipinski definition) is 5.